The lowest BCUT2D eigenvalue weighted by atomic mass is 9.84. The molecule has 10 heteroatoms. The highest BCUT2D eigenvalue weighted by Crippen LogP contribution is 2.48. The standard InChI is InChI=1S/C36H44N2O7S/c1-34(2,3)44-32(42)28(38-33(43)45-35(4,5)6)22-23-30(39)37-29(31(40)41)24-46-36(25-16-10-7-11-17-25,26-18-12-8-13-19-26)27-20-14-9-15-21-27/h7-21,28-29H,22-24H2,1-6H3,(H,37,39)(H,38,43)(H,40,41)/t28-,29-/m0/s1. The van der Waals surface area contributed by atoms with Crippen LogP contribution in [0.1, 0.15) is 71.1 Å². The average molecular weight is 649 g/mol. The number of nitrogens with one attached hydrogen (secondary N) is 2. The Morgan fingerprint density at radius 2 is 1.11 bits per heavy atom. The summed E-state index contributed by atoms with van der Waals surface area (Å²) in [6, 6.07) is 27.1. The molecule has 3 aromatic carbocycles. The Kier molecular flexibility index (Phi) is 12.4. The first kappa shape index (κ1) is 36.2. The summed E-state index contributed by atoms with van der Waals surface area (Å²) in [5.41, 5.74) is 1.24. The monoisotopic (exact) mass is 648 g/mol. The third kappa shape index (κ3) is 10.7. The summed E-state index contributed by atoms with van der Waals surface area (Å²) < 4.78 is 9.96. The van der Waals surface area contributed by atoms with Gasteiger partial charge in [0.1, 0.15) is 23.3 Å². The van der Waals surface area contributed by atoms with E-state index in [1.165, 1.54) is 11.8 Å². The predicted octanol–water partition coefficient (Wildman–Crippen LogP) is 6.30. The molecule has 2 atom stereocenters. The van der Waals surface area contributed by atoms with E-state index in [2.05, 4.69) is 10.6 Å². The number of carbonyl (C=O) groups is 4. The van der Waals surface area contributed by atoms with E-state index in [1.54, 1.807) is 41.5 Å². The highest BCUT2D eigenvalue weighted by Gasteiger charge is 2.39. The molecule has 0 aliphatic carbocycles. The van der Waals surface area contributed by atoms with E-state index in [9.17, 15) is 24.3 Å². The number of carboxylic acids is 1. The zero-order chi connectivity index (χ0) is 34.0. The Morgan fingerprint density at radius 3 is 1.50 bits per heavy atom. The van der Waals surface area contributed by atoms with Gasteiger partial charge in [-0.25, -0.2) is 14.4 Å². The Balaban J connectivity index is 1.82. The fourth-order valence-corrected chi connectivity index (χ4v) is 6.32. The van der Waals surface area contributed by atoms with Gasteiger partial charge < -0.3 is 25.2 Å². The highest BCUT2D eigenvalue weighted by atomic mass is 32.2. The summed E-state index contributed by atoms with van der Waals surface area (Å²) in [4.78, 5) is 51.0. The van der Waals surface area contributed by atoms with Crippen molar-refractivity contribution in [2.75, 3.05) is 5.75 Å². The van der Waals surface area contributed by atoms with Crippen LogP contribution in [-0.4, -0.2) is 58.1 Å². The maximum absolute atomic E-state index is 13.1. The van der Waals surface area contributed by atoms with Gasteiger partial charge in [-0.1, -0.05) is 91.0 Å². The zero-order valence-electron chi connectivity index (χ0n) is 27.2. The fraction of sp³-hybridized carbons (Fsp3) is 0.389. The average Bonchev–Trinajstić information content (AvgIpc) is 2.98. The van der Waals surface area contributed by atoms with Gasteiger partial charge in [-0.05, 0) is 64.7 Å². The number of esters is 1. The summed E-state index contributed by atoms with van der Waals surface area (Å²) >= 11 is 1.41. The van der Waals surface area contributed by atoms with Gasteiger partial charge in [0.15, 0.2) is 0 Å². The van der Waals surface area contributed by atoms with Crippen LogP contribution in [0.25, 0.3) is 0 Å². The van der Waals surface area contributed by atoms with E-state index in [1.807, 2.05) is 91.0 Å². The van der Waals surface area contributed by atoms with Crippen LogP contribution in [0.4, 0.5) is 4.79 Å². The van der Waals surface area contributed by atoms with Gasteiger partial charge in [-0.2, -0.15) is 0 Å². The topological polar surface area (TPSA) is 131 Å². The van der Waals surface area contributed by atoms with Gasteiger partial charge in [0.25, 0.3) is 0 Å². The van der Waals surface area contributed by atoms with Crippen LogP contribution in [0, 0.1) is 0 Å². The van der Waals surface area contributed by atoms with Crippen LogP contribution < -0.4 is 10.6 Å². The molecule has 0 saturated heterocycles. The van der Waals surface area contributed by atoms with Crippen LogP contribution in [0.2, 0.25) is 0 Å². The molecule has 0 aromatic heterocycles. The maximum Gasteiger partial charge on any atom is 0.408 e. The summed E-state index contributed by atoms with van der Waals surface area (Å²) in [6.45, 7) is 10.1. The number of ether oxygens (including phenoxy) is 2. The quantitative estimate of drug-likeness (QED) is 0.146. The Labute approximate surface area is 275 Å². The molecule has 0 heterocycles. The number of benzene rings is 3. The molecular formula is C36H44N2O7S. The van der Waals surface area contributed by atoms with Crippen molar-refractivity contribution < 1.29 is 33.8 Å². The van der Waals surface area contributed by atoms with Crippen molar-refractivity contribution in [2.45, 2.75) is 82.4 Å². The first-order valence-corrected chi connectivity index (χ1v) is 16.1. The van der Waals surface area contributed by atoms with Crippen molar-refractivity contribution in [3.8, 4) is 0 Å². The molecule has 9 nitrogen and oxygen atoms in total. The Morgan fingerprint density at radius 1 is 0.674 bits per heavy atom. The Bertz CT molecular complexity index is 1360. The number of carbonyl (C=O) groups excluding carboxylic acids is 3. The first-order chi connectivity index (χ1) is 21.6. The second kappa shape index (κ2) is 15.8. The number of thioether (sulfide) groups is 1. The third-order valence-electron chi connectivity index (χ3n) is 6.68. The minimum Gasteiger partial charge on any atom is -0.480 e. The Hall–Kier alpha value is -4.31. The van der Waals surface area contributed by atoms with E-state index in [0.717, 1.165) is 16.7 Å². The van der Waals surface area contributed by atoms with Crippen molar-refractivity contribution in [1.82, 2.24) is 10.6 Å². The fourth-order valence-electron chi connectivity index (χ4n) is 4.77. The normalized spacial score (nSPS) is 13.2. The largest absolute Gasteiger partial charge is 0.480 e. The van der Waals surface area contributed by atoms with Crippen molar-refractivity contribution >= 4 is 35.7 Å². The van der Waals surface area contributed by atoms with Crippen LogP contribution in [0.3, 0.4) is 0 Å². The number of rotatable bonds is 13. The third-order valence-corrected chi connectivity index (χ3v) is 8.32. The summed E-state index contributed by atoms with van der Waals surface area (Å²) in [7, 11) is 0. The number of hydrogen-bond acceptors (Lipinski definition) is 7. The number of aliphatic carboxylic acids is 1. The van der Waals surface area contributed by atoms with Gasteiger partial charge >= 0.3 is 18.0 Å². The molecule has 0 aliphatic rings. The smallest absolute Gasteiger partial charge is 0.408 e. The number of hydrogen-bond donors (Lipinski definition) is 3. The number of alkyl carbamates (subject to hydrolysis) is 1. The van der Waals surface area contributed by atoms with Gasteiger partial charge in [-0.3, -0.25) is 4.79 Å². The molecule has 3 N–H and O–H groups in total. The van der Waals surface area contributed by atoms with E-state index < -0.39 is 52.0 Å². The zero-order valence-corrected chi connectivity index (χ0v) is 28.1. The second-order valence-corrected chi connectivity index (χ2v) is 14.1. The molecule has 0 aliphatic heterocycles. The summed E-state index contributed by atoms with van der Waals surface area (Å²) in [5.74, 6) is -2.47. The molecule has 0 fully saturated rings. The van der Waals surface area contributed by atoms with E-state index in [0.29, 0.717) is 0 Å². The number of amides is 2. The lowest BCUT2D eigenvalue weighted by molar-refractivity contribution is -0.157. The molecule has 0 bridgehead atoms. The van der Waals surface area contributed by atoms with Crippen molar-refractivity contribution in [2.24, 2.45) is 0 Å². The minimum absolute atomic E-state index is 0.0331. The van der Waals surface area contributed by atoms with Gasteiger partial charge in [0, 0.05) is 12.2 Å². The molecule has 0 saturated carbocycles. The molecule has 0 radical (unpaired) electrons. The molecule has 0 unspecified atom stereocenters. The van der Waals surface area contributed by atoms with E-state index in [-0.39, 0.29) is 18.6 Å². The van der Waals surface area contributed by atoms with Gasteiger partial charge in [0.2, 0.25) is 5.91 Å². The predicted molar refractivity (Wildman–Crippen MR) is 179 cm³/mol. The second-order valence-electron chi connectivity index (χ2n) is 12.8. The van der Waals surface area contributed by atoms with E-state index >= 15 is 0 Å². The van der Waals surface area contributed by atoms with Crippen molar-refractivity contribution in [1.29, 1.82) is 0 Å². The van der Waals surface area contributed by atoms with Gasteiger partial charge in [-0.15, -0.1) is 11.8 Å². The summed E-state index contributed by atoms with van der Waals surface area (Å²) in [6.07, 6.45) is -1.20. The van der Waals surface area contributed by atoms with Crippen LogP contribution in [0.15, 0.2) is 91.0 Å². The molecule has 46 heavy (non-hydrogen) atoms. The van der Waals surface area contributed by atoms with Crippen LogP contribution in [0.5, 0.6) is 0 Å². The molecular weight excluding hydrogens is 604 g/mol. The van der Waals surface area contributed by atoms with Crippen molar-refractivity contribution in [3.63, 3.8) is 0 Å². The highest BCUT2D eigenvalue weighted by molar-refractivity contribution is 8.00. The van der Waals surface area contributed by atoms with Crippen molar-refractivity contribution in [3.05, 3.63) is 108 Å². The molecule has 3 rings (SSSR count). The minimum atomic E-state index is -1.24. The lowest BCUT2D eigenvalue weighted by Crippen LogP contribution is -2.47. The van der Waals surface area contributed by atoms with E-state index in [4.69, 9.17) is 9.47 Å². The lowest BCUT2D eigenvalue weighted by Gasteiger charge is -2.36. The molecule has 3 aromatic rings. The van der Waals surface area contributed by atoms with Gasteiger partial charge in [0.05, 0.1) is 4.75 Å². The maximum atomic E-state index is 13.1. The number of carboxylic acid groups (broad SMARTS) is 1. The first-order valence-electron chi connectivity index (χ1n) is 15.2. The molecule has 2 amide bonds. The molecule has 246 valence electrons. The van der Waals surface area contributed by atoms with Crippen LogP contribution >= 0.6 is 11.8 Å². The summed E-state index contributed by atoms with van der Waals surface area (Å²) in [5, 5.41) is 15.3. The SMILES string of the molecule is CC(C)(C)OC(=O)N[C@@H](CCC(=O)N[C@@H](CSC(c1ccccc1)(c1ccccc1)c1ccccc1)C(=O)O)C(=O)OC(C)(C)C. The molecule has 0 spiro atoms. The van der Waals surface area contributed by atoms with Crippen LogP contribution in [-0.2, 0) is 28.6 Å².